The minimum atomic E-state index is -3.33. The molecule has 30 heavy (non-hydrogen) atoms. The predicted molar refractivity (Wildman–Crippen MR) is 116 cm³/mol. The zero-order chi connectivity index (χ0) is 21.9. The molecule has 3 rings (SSSR count). The van der Waals surface area contributed by atoms with Crippen LogP contribution in [0.3, 0.4) is 0 Å². The Kier molecular flexibility index (Phi) is 6.29. The summed E-state index contributed by atoms with van der Waals surface area (Å²) in [5, 5.41) is 0. The van der Waals surface area contributed by atoms with Crippen LogP contribution in [0.4, 0.5) is 0 Å². The topological polar surface area (TPSA) is 87.0 Å². The molecule has 2 aromatic carbocycles. The van der Waals surface area contributed by atoms with Crippen LogP contribution >= 0.6 is 11.3 Å². The molecule has 0 saturated heterocycles. The molecule has 3 aromatic rings. The van der Waals surface area contributed by atoms with Crippen molar-refractivity contribution in [2.75, 3.05) is 20.0 Å². The molecule has 1 amide bonds. The van der Waals surface area contributed by atoms with Gasteiger partial charge in [-0.1, -0.05) is 24.2 Å². The summed E-state index contributed by atoms with van der Waals surface area (Å²) in [5.74, 6) is 3.17. The first-order chi connectivity index (χ1) is 14.3. The molecule has 0 aliphatic carbocycles. The summed E-state index contributed by atoms with van der Waals surface area (Å²) in [6, 6.07) is 9.34. The van der Waals surface area contributed by atoms with Crippen molar-refractivity contribution in [1.82, 2.24) is 4.57 Å². The maximum Gasteiger partial charge on any atom is 0.279 e. The molecule has 0 unspecified atom stereocenters. The van der Waals surface area contributed by atoms with E-state index in [1.807, 2.05) is 0 Å². The van der Waals surface area contributed by atoms with Crippen molar-refractivity contribution in [3.8, 4) is 23.8 Å². The van der Waals surface area contributed by atoms with E-state index in [1.165, 1.54) is 35.6 Å². The number of thiazole rings is 1. The fraction of sp³-hybridized carbons (Fsp3) is 0.238. The second kappa shape index (κ2) is 8.73. The molecule has 7 nitrogen and oxygen atoms in total. The summed E-state index contributed by atoms with van der Waals surface area (Å²) in [6.45, 7) is 1.79. The molecule has 0 N–H and O–H groups in total. The number of carbonyl (C=O) groups is 1. The Labute approximate surface area is 178 Å². The highest BCUT2D eigenvalue weighted by Crippen LogP contribution is 2.33. The van der Waals surface area contributed by atoms with Crippen molar-refractivity contribution < 1.29 is 22.7 Å². The molecular formula is C21H20N2O5S2. The van der Waals surface area contributed by atoms with E-state index >= 15 is 0 Å². The number of fused-ring (bicyclic) bond motifs is 1. The van der Waals surface area contributed by atoms with Crippen LogP contribution < -0.4 is 14.3 Å². The quantitative estimate of drug-likeness (QED) is 0.546. The van der Waals surface area contributed by atoms with Gasteiger partial charge in [0.2, 0.25) is 0 Å². The van der Waals surface area contributed by atoms with Crippen molar-refractivity contribution >= 4 is 37.3 Å². The number of carbonyl (C=O) groups excluding carboxylic acids is 1. The van der Waals surface area contributed by atoms with Crippen LogP contribution in [0.25, 0.3) is 10.2 Å². The van der Waals surface area contributed by atoms with Crippen LogP contribution in [0.15, 0.2) is 46.3 Å². The molecule has 0 spiro atoms. The Balaban J connectivity index is 2.09. The molecule has 1 aromatic heterocycles. The Morgan fingerprint density at radius 1 is 1.17 bits per heavy atom. The number of nitrogens with zero attached hydrogens (tertiary/aromatic N) is 2. The largest absolute Gasteiger partial charge is 0.493 e. The van der Waals surface area contributed by atoms with Gasteiger partial charge in [0.1, 0.15) is 0 Å². The van der Waals surface area contributed by atoms with E-state index in [0.717, 1.165) is 10.2 Å². The minimum absolute atomic E-state index is 0.00847. The Morgan fingerprint density at radius 2 is 1.80 bits per heavy atom. The zero-order valence-electron chi connectivity index (χ0n) is 16.7. The van der Waals surface area contributed by atoms with E-state index in [1.54, 1.807) is 37.8 Å². The van der Waals surface area contributed by atoms with Crippen LogP contribution in [0.2, 0.25) is 0 Å². The standard InChI is InChI=1S/C21H20N2O5S2/c1-5-11-23-16-12-17(27-3)18(28-4)13-19(16)29-21(23)22-20(24)14-7-9-15(10-8-14)30(25,26)6-2/h1,7-10,12-13H,6,11H2,2-4H3. The van der Waals surface area contributed by atoms with Gasteiger partial charge in [0.15, 0.2) is 26.1 Å². The van der Waals surface area contributed by atoms with Crippen molar-refractivity contribution in [2.45, 2.75) is 18.4 Å². The first-order valence-corrected chi connectivity index (χ1v) is 11.4. The maximum atomic E-state index is 12.7. The first-order valence-electron chi connectivity index (χ1n) is 8.95. The van der Waals surface area contributed by atoms with E-state index in [2.05, 4.69) is 10.9 Å². The zero-order valence-corrected chi connectivity index (χ0v) is 18.3. The molecule has 0 fully saturated rings. The molecule has 156 valence electrons. The Bertz CT molecular complexity index is 1310. The third-order valence-corrected chi connectivity index (χ3v) is 7.27. The van der Waals surface area contributed by atoms with E-state index in [-0.39, 0.29) is 22.8 Å². The molecule has 0 radical (unpaired) electrons. The van der Waals surface area contributed by atoms with E-state index in [0.29, 0.717) is 16.3 Å². The third kappa shape index (κ3) is 4.10. The number of amides is 1. The van der Waals surface area contributed by atoms with Crippen LogP contribution in [0.1, 0.15) is 17.3 Å². The normalized spacial score (nSPS) is 12.0. The summed E-state index contributed by atoms with van der Waals surface area (Å²) >= 11 is 1.30. The summed E-state index contributed by atoms with van der Waals surface area (Å²) in [5.41, 5.74) is 1.05. The highest BCUT2D eigenvalue weighted by Gasteiger charge is 2.15. The molecule has 0 aliphatic rings. The molecule has 0 bridgehead atoms. The predicted octanol–water partition coefficient (Wildman–Crippen LogP) is 2.89. The molecule has 9 heteroatoms. The van der Waals surface area contributed by atoms with E-state index in [9.17, 15) is 13.2 Å². The van der Waals surface area contributed by atoms with Gasteiger partial charge in [0.25, 0.3) is 5.91 Å². The van der Waals surface area contributed by atoms with Crippen molar-refractivity contribution in [2.24, 2.45) is 4.99 Å². The lowest BCUT2D eigenvalue weighted by molar-refractivity contribution is 0.0998. The Hall–Kier alpha value is -3.09. The van der Waals surface area contributed by atoms with Gasteiger partial charge in [-0.3, -0.25) is 4.79 Å². The smallest absolute Gasteiger partial charge is 0.279 e. The van der Waals surface area contributed by atoms with E-state index in [4.69, 9.17) is 15.9 Å². The number of benzene rings is 2. The molecule has 0 aliphatic heterocycles. The average Bonchev–Trinajstić information content (AvgIpc) is 3.08. The number of methoxy groups -OCH3 is 2. The van der Waals surface area contributed by atoms with Gasteiger partial charge in [0.05, 0.1) is 41.6 Å². The molecule has 0 atom stereocenters. The molecular weight excluding hydrogens is 424 g/mol. The lowest BCUT2D eigenvalue weighted by Crippen LogP contribution is -2.16. The van der Waals surface area contributed by atoms with E-state index < -0.39 is 15.7 Å². The van der Waals surface area contributed by atoms with Crippen molar-refractivity contribution in [3.05, 3.63) is 46.8 Å². The third-order valence-electron chi connectivity index (χ3n) is 4.48. The number of sulfone groups is 1. The number of terminal acetylenes is 1. The number of hydrogen-bond donors (Lipinski definition) is 0. The maximum absolute atomic E-state index is 12.7. The van der Waals surface area contributed by atoms with Gasteiger partial charge in [-0.15, -0.1) is 6.42 Å². The monoisotopic (exact) mass is 444 g/mol. The Morgan fingerprint density at radius 3 is 2.37 bits per heavy atom. The number of rotatable bonds is 6. The first kappa shape index (κ1) is 21.6. The van der Waals surface area contributed by atoms with Gasteiger partial charge >= 0.3 is 0 Å². The lowest BCUT2D eigenvalue weighted by atomic mass is 10.2. The second-order valence-corrected chi connectivity index (χ2v) is 9.48. The number of hydrogen-bond acceptors (Lipinski definition) is 6. The number of ether oxygens (including phenoxy) is 2. The van der Waals surface area contributed by atoms with Gasteiger partial charge in [-0.05, 0) is 24.3 Å². The summed E-state index contributed by atoms with van der Waals surface area (Å²) in [4.78, 5) is 17.5. The fourth-order valence-corrected chi connectivity index (χ4v) is 4.77. The second-order valence-electron chi connectivity index (χ2n) is 6.19. The van der Waals surface area contributed by atoms with Gasteiger partial charge < -0.3 is 14.0 Å². The number of aromatic nitrogens is 1. The van der Waals surface area contributed by atoms with Gasteiger partial charge in [-0.2, -0.15) is 4.99 Å². The van der Waals surface area contributed by atoms with Crippen LogP contribution in [0, 0.1) is 12.3 Å². The van der Waals surface area contributed by atoms with Crippen LogP contribution in [-0.4, -0.2) is 38.9 Å². The van der Waals surface area contributed by atoms with Gasteiger partial charge in [0, 0.05) is 17.7 Å². The molecule has 1 heterocycles. The minimum Gasteiger partial charge on any atom is -0.493 e. The lowest BCUT2D eigenvalue weighted by Gasteiger charge is -2.08. The fourth-order valence-electron chi connectivity index (χ4n) is 2.85. The molecule has 0 saturated carbocycles. The highest BCUT2D eigenvalue weighted by molar-refractivity contribution is 7.91. The highest BCUT2D eigenvalue weighted by atomic mass is 32.2. The van der Waals surface area contributed by atoms with Gasteiger partial charge in [-0.25, -0.2) is 8.42 Å². The summed E-state index contributed by atoms with van der Waals surface area (Å²) in [6.07, 6.45) is 5.51. The summed E-state index contributed by atoms with van der Waals surface area (Å²) in [7, 11) is -0.248. The van der Waals surface area contributed by atoms with Crippen molar-refractivity contribution in [1.29, 1.82) is 0 Å². The van der Waals surface area contributed by atoms with Crippen LogP contribution in [0.5, 0.6) is 11.5 Å². The van der Waals surface area contributed by atoms with Crippen molar-refractivity contribution in [3.63, 3.8) is 0 Å². The van der Waals surface area contributed by atoms with Crippen LogP contribution in [-0.2, 0) is 16.4 Å². The summed E-state index contributed by atoms with van der Waals surface area (Å²) < 4.78 is 37.2. The average molecular weight is 445 g/mol. The SMILES string of the molecule is C#CCn1c(=NC(=O)c2ccc(S(=O)(=O)CC)cc2)sc2cc(OC)c(OC)cc21.